The highest BCUT2D eigenvalue weighted by molar-refractivity contribution is 9.10. The maximum atomic E-state index is 5.75. The summed E-state index contributed by atoms with van der Waals surface area (Å²) in [4.78, 5) is 0. The van der Waals surface area contributed by atoms with Crippen LogP contribution in [0.1, 0.15) is 37.7 Å². The number of hydrogen-bond acceptors (Lipinski definition) is 3. The van der Waals surface area contributed by atoms with E-state index in [1.165, 1.54) is 31.2 Å². The SMILES string of the molecule is CNCCCCCCc1cc2c(cc1Br)OCCCO2. The standard InChI is InChI=1S/C16H24BrNO2/c1-18-8-5-3-2-4-7-13-11-15-16(12-14(13)17)20-10-6-9-19-15/h11-12,18H,2-10H2,1H3. The summed E-state index contributed by atoms with van der Waals surface area (Å²) in [6, 6.07) is 4.19. The molecular weight excluding hydrogens is 318 g/mol. The van der Waals surface area contributed by atoms with E-state index in [1.54, 1.807) is 0 Å². The fourth-order valence-electron chi connectivity index (χ4n) is 2.39. The van der Waals surface area contributed by atoms with Crippen LogP contribution in [0.25, 0.3) is 0 Å². The molecule has 1 aromatic carbocycles. The number of benzene rings is 1. The fourth-order valence-corrected chi connectivity index (χ4v) is 2.91. The number of unbranched alkanes of at least 4 members (excludes halogenated alkanes) is 3. The van der Waals surface area contributed by atoms with Crippen molar-refractivity contribution in [1.82, 2.24) is 5.32 Å². The van der Waals surface area contributed by atoms with Crippen LogP contribution in [0.2, 0.25) is 0 Å². The molecule has 0 aromatic heterocycles. The largest absolute Gasteiger partial charge is 0.490 e. The van der Waals surface area contributed by atoms with Gasteiger partial charge in [-0.05, 0) is 50.6 Å². The Bertz CT molecular complexity index is 423. The van der Waals surface area contributed by atoms with E-state index >= 15 is 0 Å². The van der Waals surface area contributed by atoms with E-state index in [9.17, 15) is 0 Å². The molecule has 1 aliphatic rings. The number of ether oxygens (including phenoxy) is 2. The lowest BCUT2D eigenvalue weighted by Crippen LogP contribution is -2.06. The van der Waals surface area contributed by atoms with Crippen LogP contribution < -0.4 is 14.8 Å². The molecule has 4 heteroatoms. The maximum absolute atomic E-state index is 5.75. The minimum Gasteiger partial charge on any atom is -0.490 e. The molecule has 0 atom stereocenters. The van der Waals surface area contributed by atoms with Crippen LogP contribution in [0.4, 0.5) is 0 Å². The number of aryl methyl sites for hydroxylation is 1. The predicted molar refractivity (Wildman–Crippen MR) is 85.8 cm³/mol. The van der Waals surface area contributed by atoms with Crippen LogP contribution in [0.15, 0.2) is 16.6 Å². The van der Waals surface area contributed by atoms with Crippen LogP contribution in [-0.2, 0) is 6.42 Å². The Morgan fingerprint density at radius 1 is 1.05 bits per heavy atom. The van der Waals surface area contributed by atoms with Crippen molar-refractivity contribution in [2.75, 3.05) is 26.8 Å². The Morgan fingerprint density at radius 2 is 1.75 bits per heavy atom. The molecule has 112 valence electrons. The molecule has 0 radical (unpaired) electrons. The molecule has 1 heterocycles. The van der Waals surface area contributed by atoms with Gasteiger partial charge in [0.2, 0.25) is 0 Å². The van der Waals surface area contributed by atoms with E-state index in [0.717, 1.165) is 48.6 Å². The zero-order chi connectivity index (χ0) is 14.2. The second-order valence-corrected chi connectivity index (χ2v) is 6.06. The van der Waals surface area contributed by atoms with Gasteiger partial charge >= 0.3 is 0 Å². The average molecular weight is 342 g/mol. The summed E-state index contributed by atoms with van der Waals surface area (Å²) >= 11 is 3.65. The molecular formula is C16H24BrNO2. The monoisotopic (exact) mass is 341 g/mol. The van der Waals surface area contributed by atoms with Crippen molar-refractivity contribution in [3.63, 3.8) is 0 Å². The van der Waals surface area contributed by atoms with Gasteiger partial charge in [-0.15, -0.1) is 0 Å². The van der Waals surface area contributed by atoms with Crippen LogP contribution in [0, 0.1) is 0 Å². The van der Waals surface area contributed by atoms with E-state index in [2.05, 4.69) is 33.4 Å². The topological polar surface area (TPSA) is 30.5 Å². The van der Waals surface area contributed by atoms with E-state index in [1.807, 2.05) is 7.05 Å². The van der Waals surface area contributed by atoms with Crippen molar-refractivity contribution in [2.24, 2.45) is 0 Å². The number of nitrogens with one attached hydrogen (secondary N) is 1. The molecule has 1 aromatic rings. The molecule has 3 nitrogen and oxygen atoms in total. The average Bonchev–Trinajstić information content (AvgIpc) is 2.67. The third-order valence-corrected chi connectivity index (χ3v) is 4.28. The second kappa shape index (κ2) is 8.53. The number of fused-ring (bicyclic) bond motifs is 1. The summed E-state index contributed by atoms with van der Waals surface area (Å²) in [5, 5.41) is 3.19. The highest BCUT2D eigenvalue weighted by Crippen LogP contribution is 2.35. The van der Waals surface area contributed by atoms with Gasteiger partial charge in [-0.1, -0.05) is 28.8 Å². The Balaban J connectivity index is 1.86. The first-order chi connectivity index (χ1) is 9.81. The molecule has 0 saturated carbocycles. The van der Waals surface area contributed by atoms with Gasteiger partial charge in [-0.3, -0.25) is 0 Å². The normalized spacial score (nSPS) is 14.1. The Morgan fingerprint density at radius 3 is 2.50 bits per heavy atom. The fraction of sp³-hybridized carbons (Fsp3) is 0.625. The summed E-state index contributed by atoms with van der Waals surface area (Å²) < 4.78 is 12.6. The van der Waals surface area contributed by atoms with Gasteiger partial charge in [0.1, 0.15) is 0 Å². The third-order valence-electron chi connectivity index (χ3n) is 3.54. The summed E-state index contributed by atoms with van der Waals surface area (Å²) in [5.41, 5.74) is 1.32. The van der Waals surface area contributed by atoms with E-state index < -0.39 is 0 Å². The van der Waals surface area contributed by atoms with Gasteiger partial charge in [0.05, 0.1) is 13.2 Å². The van der Waals surface area contributed by atoms with Crippen LogP contribution in [-0.4, -0.2) is 26.8 Å². The first-order valence-corrected chi connectivity index (χ1v) is 8.33. The van der Waals surface area contributed by atoms with Gasteiger partial charge in [0.15, 0.2) is 11.5 Å². The zero-order valence-corrected chi connectivity index (χ0v) is 13.8. The van der Waals surface area contributed by atoms with Gasteiger partial charge < -0.3 is 14.8 Å². The molecule has 20 heavy (non-hydrogen) atoms. The molecule has 0 aliphatic carbocycles. The molecule has 0 amide bonds. The van der Waals surface area contributed by atoms with Crippen molar-refractivity contribution in [3.05, 3.63) is 22.2 Å². The number of rotatable bonds is 7. The quantitative estimate of drug-likeness (QED) is 0.762. The van der Waals surface area contributed by atoms with Gasteiger partial charge in [0, 0.05) is 10.9 Å². The highest BCUT2D eigenvalue weighted by Gasteiger charge is 2.13. The van der Waals surface area contributed by atoms with Gasteiger partial charge in [-0.2, -0.15) is 0 Å². The minimum atomic E-state index is 0.740. The summed E-state index contributed by atoms with van der Waals surface area (Å²) in [6.45, 7) is 2.61. The predicted octanol–water partition coefficient (Wildman–Crippen LogP) is 3.93. The molecule has 1 N–H and O–H groups in total. The van der Waals surface area contributed by atoms with E-state index in [-0.39, 0.29) is 0 Å². The number of halogens is 1. The van der Waals surface area contributed by atoms with Gasteiger partial charge in [-0.25, -0.2) is 0 Å². The van der Waals surface area contributed by atoms with Crippen molar-refractivity contribution in [3.8, 4) is 11.5 Å². The van der Waals surface area contributed by atoms with Crippen molar-refractivity contribution < 1.29 is 9.47 Å². The van der Waals surface area contributed by atoms with Crippen LogP contribution in [0.3, 0.4) is 0 Å². The zero-order valence-electron chi connectivity index (χ0n) is 12.2. The summed E-state index contributed by atoms with van der Waals surface area (Å²) in [6.07, 6.45) is 7.11. The lowest BCUT2D eigenvalue weighted by Gasteiger charge is -2.11. The lowest BCUT2D eigenvalue weighted by atomic mass is 10.1. The Hall–Kier alpha value is -0.740. The summed E-state index contributed by atoms with van der Waals surface area (Å²) in [5.74, 6) is 1.77. The minimum absolute atomic E-state index is 0.740. The highest BCUT2D eigenvalue weighted by atomic mass is 79.9. The molecule has 0 unspecified atom stereocenters. The molecule has 2 rings (SSSR count). The van der Waals surface area contributed by atoms with Crippen LogP contribution in [0.5, 0.6) is 11.5 Å². The second-order valence-electron chi connectivity index (χ2n) is 5.21. The van der Waals surface area contributed by atoms with Crippen molar-refractivity contribution in [1.29, 1.82) is 0 Å². The first kappa shape index (κ1) is 15.6. The summed E-state index contributed by atoms with van der Waals surface area (Å²) in [7, 11) is 2.01. The number of hydrogen-bond donors (Lipinski definition) is 1. The molecule has 0 fully saturated rings. The molecule has 0 bridgehead atoms. The lowest BCUT2D eigenvalue weighted by molar-refractivity contribution is 0.297. The molecule has 0 saturated heterocycles. The molecule has 1 aliphatic heterocycles. The smallest absolute Gasteiger partial charge is 0.162 e. The molecule has 0 spiro atoms. The van der Waals surface area contributed by atoms with E-state index in [4.69, 9.17) is 9.47 Å². The van der Waals surface area contributed by atoms with Gasteiger partial charge in [0.25, 0.3) is 0 Å². The maximum Gasteiger partial charge on any atom is 0.162 e. The van der Waals surface area contributed by atoms with Crippen molar-refractivity contribution >= 4 is 15.9 Å². The van der Waals surface area contributed by atoms with Crippen molar-refractivity contribution in [2.45, 2.75) is 38.5 Å². The van der Waals surface area contributed by atoms with Crippen LogP contribution >= 0.6 is 15.9 Å². The third kappa shape index (κ3) is 4.67. The Kier molecular flexibility index (Phi) is 6.67. The van der Waals surface area contributed by atoms with E-state index in [0.29, 0.717) is 0 Å². The Labute approximate surface area is 130 Å². The first-order valence-electron chi connectivity index (χ1n) is 7.54.